The van der Waals surface area contributed by atoms with Gasteiger partial charge in [-0.05, 0) is 13.0 Å². The van der Waals surface area contributed by atoms with Crippen molar-refractivity contribution < 1.29 is 4.74 Å². The standard InChI is InChI=1S/C16H17N5O/c1-11-3-2-4-12(9-11)13-14-15(18-10-17-14)20-16(19-13)21-5-7-22-8-6-21/h2-4,9-10H,5-8H2,1H3,(H,17,18,19,20). The van der Waals surface area contributed by atoms with Gasteiger partial charge in [-0.2, -0.15) is 4.98 Å². The summed E-state index contributed by atoms with van der Waals surface area (Å²) in [4.78, 5) is 19.0. The van der Waals surface area contributed by atoms with Crippen LogP contribution in [0.5, 0.6) is 0 Å². The van der Waals surface area contributed by atoms with E-state index >= 15 is 0 Å². The number of aromatic amines is 1. The van der Waals surface area contributed by atoms with E-state index in [0.717, 1.165) is 35.8 Å². The van der Waals surface area contributed by atoms with Crippen molar-refractivity contribution in [3.05, 3.63) is 36.2 Å². The maximum atomic E-state index is 5.41. The van der Waals surface area contributed by atoms with Crippen LogP contribution in [0.2, 0.25) is 0 Å². The van der Waals surface area contributed by atoms with Gasteiger partial charge < -0.3 is 14.6 Å². The molecule has 0 unspecified atom stereocenters. The Balaban J connectivity index is 1.87. The van der Waals surface area contributed by atoms with Crippen molar-refractivity contribution in [3.63, 3.8) is 0 Å². The fourth-order valence-corrected chi connectivity index (χ4v) is 2.73. The Morgan fingerprint density at radius 2 is 2.05 bits per heavy atom. The molecule has 3 aromatic rings. The summed E-state index contributed by atoms with van der Waals surface area (Å²) in [6, 6.07) is 8.32. The third kappa shape index (κ3) is 2.31. The molecule has 0 atom stereocenters. The van der Waals surface area contributed by atoms with Crippen LogP contribution in [-0.2, 0) is 4.74 Å². The Hall–Kier alpha value is -2.47. The lowest BCUT2D eigenvalue weighted by molar-refractivity contribution is 0.122. The van der Waals surface area contributed by atoms with Gasteiger partial charge in [0.15, 0.2) is 5.65 Å². The van der Waals surface area contributed by atoms with Gasteiger partial charge in [-0.1, -0.05) is 23.8 Å². The summed E-state index contributed by atoms with van der Waals surface area (Å²) in [5.41, 5.74) is 4.76. The van der Waals surface area contributed by atoms with Gasteiger partial charge in [-0.15, -0.1) is 0 Å². The summed E-state index contributed by atoms with van der Waals surface area (Å²) < 4.78 is 5.41. The summed E-state index contributed by atoms with van der Waals surface area (Å²) in [6.45, 7) is 5.12. The molecule has 112 valence electrons. The predicted octanol–water partition coefficient (Wildman–Crippen LogP) is 2.16. The number of imidazole rings is 1. The van der Waals surface area contributed by atoms with Gasteiger partial charge in [0.25, 0.3) is 0 Å². The molecule has 6 nitrogen and oxygen atoms in total. The lowest BCUT2D eigenvalue weighted by Crippen LogP contribution is -2.37. The molecule has 6 heteroatoms. The van der Waals surface area contributed by atoms with Crippen molar-refractivity contribution in [1.29, 1.82) is 0 Å². The molecule has 2 aromatic heterocycles. The molecule has 4 rings (SSSR count). The Morgan fingerprint density at radius 3 is 2.86 bits per heavy atom. The Labute approximate surface area is 128 Å². The molecule has 22 heavy (non-hydrogen) atoms. The maximum Gasteiger partial charge on any atom is 0.228 e. The first kappa shape index (κ1) is 13.2. The van der Waals surface area contributed by atoms with Crippen molar-refractivity contribution in [2.75, 3.05) is 31.2 Å². The van der Waals surface area contributed by atoms with Gasteiger partial charge in [-0.3, -0.25) is 0 Å². The number of nitrogens with zero attached hydrogens (tertiary/aromatic N) is 4. The second-order valence-corrected chi connectivity index (χ2v) is 5.44. The fourth-order valence-electron chi connectivity index (χ4n) is 2.73. The van der Waals surface area contributed by atoms with E-state index in [0.29, 0.717) is 18.9 Å². The van der Waals surface area contributed by atoms with Crippen LogP contribution in [0.25, 0.3) is 22.4 Å². The first-order valence-electron chi connectivity index (χ1n) is 7.42. The SMILES string of the molecule is Cc1cccc(-c2nc(N3CCOCC3)nc3nc[nH]c23)c1. The molecule has 0 spiro atoms. The summed E-state index contributed by atoms with van der Waals surface area (Å²) in [5.74, 6) is 0.722. The zero-order chi connectivity index (χ0) is 14.9. The number of morpholine rings is 1. The van der Waals surface area contributed by atoms with Crippen LogP contribution >= 0.6 is 0 Å². The molecule has 0 amide bonds. The van der Waals surface area contributed by atoms with Crippen molar-refractivity contribution in [2.24, 2.45) is 0 Å². The predicted molar refractivity (Wildman–Crippen MR) is 84.9 cm³/mol. The topological polar surface area (TPSA) is 66.9 Å². The van der Waals surface area contributed by atoms with Gasteiger partial charge in [0.1, 0.15) is 11.2 Å². The van der Waals surface area contributed by atoms with Crippen molar-refractivity contribution in [2.45, 2.75) is 6.92 Å². The number of hydrogen-bond donors (Lipinski definition) is 1. The lowest BCUT2D eigenvalue weighted by Gasteiger charge is -2.27. The smallest absolute Gasteiger partial charge is 0.228 e. The van der Waals surface area contributed by atoms with Gasteiger partial charge in [-0.25, -0.2) is 9.97 Å². The monoisotopic (exact) mass is 295 g/mol. The number of benzene rings is 1. The number of aryl methyl sites for hydroxylation is 1. The summed E-state index contributed by atoms with van der Waals surface area (Å²) in [6.07, 6.45) is 1.67. The highest BCUT2D eigenvalue weighted by Crippen LogP contribution is 2.27. The zero-order valence-corrected chi connectivity index (χ0v) is 12.4. The number of anilines is 1. The third-order valence-electron chi connectivity index (χ3n) is 3.86. The molecule has 1 fully saturated rings. The van der Waals surface area contributed by atoms with Crippen LogP contribution in [0.4, 0.5) is 5.95 Å². The van der Waals surface area contributed by atoms with Gasteiger partial charge >= 0.3 is 0 Å². The molecule has 0 aliphatic carbocycles. The van der Waals surface area contributed by atoms with Crippen LogP contribution in [-0.4, -0.2) is 46.2 Å². The number of nitrogens with one attached hydrogen (secondary N) is 1. The van der Waals surface area contributed by atoms with Gasteiger partial charge in [0.05, 0.1) is 19.5 Å². The van der Waals surface area contributed by atoms with E-state index in [-0.39, 0.29) is 0 Å². The average Bonchev–Trinajstić information content (AvgIpc) is 3.03. The van der Waals surface area contributed by atoms with E-state index in [1.54, 1.807) is 6.33 Å². The highest BCUT2D eigenvalue weighted by Gasteiger charge is 2.18. The molecule has 1 aliphatic heterocycles. The van der Waals surface area contributed by atoms with Crippen LogP contribution in [0, 0.1) is 6.92 Å². The fraction of sp³-hybridized carbons (Fsp3) is 0.312. The second kappa shape index (κ2) is 5.38. The van der Waals surface area contributed by atoms with E-state index < -0.39 is 0 Å². The van der Waals surface area contributed by atoms with E-state index in [4.69, 9.17) is 9.72 Å². The minimum absolute atomic E-state index is 0.702. The van der Waals surface area contributed by atoms with Gasteiger partial charge in [0.2, 0.25) is 5.95 Å². The van der Waals surface area contributed by atoms with Crippen molar-refractivity contribution in [1.82, 2.24) is 19.9 Å². The normalized spacial score (nSPS) is 15.4. The van der Waals surface area contributed by atoms with Crippen LogP contribution in [0.3, 0.4) is 0 Å². The van der Waals surface area contributed by atoms with Crippen molar-refractivity contribution in [3.8, 4) is 11.3 Å². The number of fused-ring (bicyclic) bond motifs is 1. The molecule has 1 aliphatic rings. The quantitative estimate of drug-likeness (QED) is 0.785. The number of ether oxygens (including phenoxy) is 1. The van der Waals surface area contributed by atoms with Crippen LogP contribution in [0.15, 0.2) is 30.6 Å². The molecule has 0 bridgehead atoms. The lowest BCUT2D eigenvalue weighted by atomic mass is 10.1. The maximum absolute atomic E-state index is 5.41. The molecule has 1 N–H and O–H groups in total. The van der Waals surface area contributed by atoms with E-state index in [9.17, 15) is 0 Å². The van der Waals surface area contributed by atoms with E-state index in [2.05, 4.69) is 45.0 Å². The first-order valence-corrected chi connectivity index (χ1v) is 7.42. The number of aromatic nitrogens is 4. The number of H-pyrrole nitrogens is 1. The van der Waals surface area contributed by atoms with Crippen LogP contribution < -0.4 is 4.90 Å². The minimum Gasteiger partial charge on any atom is -0.378 e. The summed E-state index contributed by atoms with van der Waals surface area (Å²) >= 11 is 0. The third-order valence-corrected chi connectivity index (χ3v) is 3.86. The highest BCUT2D eigenvalue weighted by molar-refractivity contribution is 5.88. The molecule has 0 radical (unpaired) electrons. The Kier molecular flexibility index (Phi) is 3.23. The summed E-state index contributed by atoms with van der Waals surface area (Å²) in [7, 11) is 0. The van der Waals surface area contributed by atoms with Crippen LogP contribution in [0.1, 0.15) is 5.56 Å². The van der Waals surface area contributed by atoms with E-state index in [1.807, 2.05) is 6.07 Å². The largest absolute Gasteiger partial charge is 0.378 e. The first-order chi connectivity index (χ1) is 10.8. The molecule has 3 heterocycles. The van der Waals surface area contributed by atoms with E-state index in [1.165, 1.54) is 5.56 Å². The number of rotatable bonds is 2. The highest BCUT2D eigenvalue weighted by atomic mass is 16.5. The molecule has 0 saturated carbocycles. The zero-order valence-electron chi connectivity index (χ0n) is 12.4. The molecular formula is C16H17N5O. The Bertz CT molecular complexity index is 807. The van der Waals surface area contributed by atoms with Gasteiger partial charge in [0, 0.05) is 18.7 Å². The molecule has 1 saturated heterocycles. The second-order valence-electron chi connectivity index (χ2n) is 5.44. The Morgan fingerprint density at radius 1 is 1.18 bits per heavy atom. The molecular weight excluding hydrogens is 278 g/mol. The average molecular weight is 295 g/mol. The molecule has 1 aromatic carbocycles. The number of hydrogen-bond acceptors (Lipinski definition) is 5. The van der Waals surface area contributed by atoms with Crippen molar-refractivity contribution >= 4 is 17.1 Å². The summed E-state index contributed by atoms with van der Waals surface area (Å²) in [5, 5.41) is 0. The minimum atomic E-state index is 0.702.